The standard InChI is InChI=1S/C6H9N2O3P/c1-11-12(9,10)8-6-3-2-4-7-5-6/h2-5H,1H3,(H2,8,9,10). The van der Waals surface area contributed by atoms with Gasteiger partial charge in [0.1, 0.15) is 0 Å². The zero-order valence-electron chi connectivity index (χ0n) is 6.47. The summed E-state index contributed by atoms with van der Waals surface area (Å²) in [5, 5.41) is 2.29. The van der Waals surface area contributed by atoms with Gasteiger partial charge in [0.05, 0.1) is 11.9 Å². The van der Waals surface area contributed by atoms with Crippen LogP contribution in [-0.2, 0) is 9.09 Å². The molecule has 2 N–H and O–H groups in total. The summed E-state index contributed by atoms with van der Waals surface area (Å²) in [6.45, 7) is 0. The van der Waals surface area contributed by atoms with E-state index in [0.717, 1.165) is 7.11 Å². The van der Waals surface area contributed by atoms with E-state index in [1.807, 2.05) is 0 Å². The van der Waals surface area contributed by atoms with Crippen molar-refractivity contribution in [2.75, 3.05) is 12.2 Å². The van der Waals surface area contributed by atoms with Crippen molar-refractivity contribution >= 4 is 13.4 Å². The van der Waals surface area contributed by atoms with Gasteiger partial charge in [0.15, 0.2) is 0 Å². The second-order valence-corrected chi connectivity index (χ2v) is 3.69. The Labute approximate surface area is 70.0 Å². The number of hydrogen-bond acceptors (Lipinski definition) is 3. The molecule has 5 nitrogen and oxygen atoms in total. The summed E-state index contributed by atoms with van der Waals surface area (Å²) in [6, 6.07) is 3.27. The number of rotatable bonds is 3. The number of aromatic nitrogens is 1. The van der Waals surface area contributed by atoms with E-state index in [4.69, 9.17) is 4.89 Å². The molecule has 12 heavy (non-hydrogen) atoms. The third-order valence-corrected chi connectivity index (χ3v) is 2.22. The van der Waals surface area contributed by atoms with Crippen LogP contribution >= 0.6 is 7.75 Å². The molecule has 1 heterocycles. The quantitative estimate of drug-likeness (QED) is 0.698. The summed E-state index contributed by atoms with van der Waals surface area (Å²) in [7, 11) is -2.53. The first-order chi connectivity index (χ1) is 5.64. The molecule has 0 aliphatic heterocycles. The average Bonchev–Trinajstić information content (AvgIpc) is 2.06. The molecule has 0 saturated carbocycles. The fraction of sp³-hybridized carbons (Fsp3) is 0.167. The molecule has 1 aromatic rings. The molecule has 1 atom stereocenters. The van der Waals surface area contributed by atoms with Crippen LogP contribution in [0, 0.1) is 0 Å². The Morgan fingerprint density at radius 1 is 1.75 bits per heavy atom. The smallest absolute Gasteiger partial charge is 0.308 e. The van der Waals surface area contributed by atoms with E-state index in [1.165, 1.54) is 6.20 Å². The molecule has 0 fully saturated rings. The average molecular weight is 188 g/mol. The Balaban J connectivity index is 2.71. The first-order valence-corrected chi connectivity index (χ1v) is 4.78. The molecule has 0 aliphatic rings. The van der Waals surface area contributed by atoms with Crippen LogP contribution in [-0.4, -0.2) is 17.0 Å². The number of hydrogen-bond donors (Lipinski definition) is 2. The third-order valence-electron chi connectivity index (χ3n) is 1.18. The van der Waals surface area contributed by atoms with E-state index in [1.54, 1.807) is 18.3 Å². The summed E-state index contributed by atoms with van der Waals surface area (Å²) in [5.74, 6) is 0. The first kappa shape index (κ1) is 9.19. The van der Waals surface area contributed by atoms with Crippen LogP contribution < -0.4 is 5.09 Å². The van der Waals surface area contributed by atoms with E-state index in [-0.39, 0.29) is 0 Å². The van der Waals surface area contributed by atoms with E-state index < -0.39 is 7.75 Å². The highest BCUT2D eigenvalue weighted by molar-refractivity contribution is 7.54. The summed E-state index contributed by atoms with van der Waals surface area (Å²) in [5.41, 5.74) is 0.449. The Hall–Kier alpha value is -0.900. The molecular formula is C6H9N2O3P. The van der Waals surface area contributed by atoms with Crippen LogP contribution in [0.2, 0.25) is 0 Å². The summed E-state index contributed by atoms with van der Waals surface area (Å²) in [4.78, 5) is 12.7. The van der Waals surface area contributed by atoms with Crippen LogP contribution in [0.3, 0.4) is 0 Å². The molecule has 0 aromatic carbocycles. The van der Waals surface area contributed by atoms with Crippen molar-refractivity contribution in [3.8, 4) is 0 Å². The maximum Gasteiger partial charge on any atom is 0.429 e. The van der Waals surface area contributed by atoms with Crippen molar-refractivity contribution in [1.82, 2.24) is 4.98 Å². The highest BCUT2D eigenvalue weighted by Crippen LogP contribution is 2.40. The lowest BCUT2D eigenvalue weighted by molar-refractivity contribution is 0.322. The lowest BCUT2D eigenvalue weighted by Gasteiger charge is -2.10. The predicted octanol–water partition coefficient (Wildman–Crippen LogP) is 1.24. The summed E-state index contributed by atoms with van der Waals surface area (Å²) < 4.78 is 15.3. The molecule has 6 heteroatoms. The molecule has 0 aliphatic carbocycles. The van der Waals surface area contributed by atoms with Gasteiger partial charge in [-0.1, -0.05) is 0 Å². The second kappa shape index (κ2) is 3.67. The molecule has 0 spiro atoms. The van der Waals surface area contributed by atoms with Crippen molar-refractivity contribution in [1.29, 1.82) is 0 Å². The normalized spacial score (nSPS) is 15.2. The lowest BCUT2D eigenvalue weighted by Crippen LogP contribution is -1.97. The van der Waals surface area contributed by atoms with Gasteiger partial charge >= 0.3 is 7.75 Å². The fourth-order valence-electron chi connectivity index (χ4n) is 0.638. The Kier molecular flexibility index (Phi) is 2.81. The van der Waals surface area contributed by atoms with Crippen LogP contribution in [0.1, 0.15) is 0 Å². The van der Waals surface area contributed by atoms with Crippen molar-refractivity contribution in [2.24, 2.45) is 0 Å². The minimum Gasteiger partial charge on any atom is -0.308 e. The predicted molar refractivity (Wildman–Crippen MR) is 44.7 cm³/mol. The molecule has 1 aromatic heterocycles. The largest absolute Gasteiger partial charge is 0.429 e. The van der Waals surface area contributed by atoms with Crippen molar-refractivity contribution < 1.29 is 14.0 Å². The monoisotopic (exact) mass is 188 g/mol. The van der Waals surface area contributed by atoms with E-state index >= 15 is 0 Å². The molecule has 0 amide bonds. The van der Waals surface area contributed by atoms with Gasteiger partial charge in [-0.2, -0.15) is 0 Å². The number of nitrogens with one attached hydrogen (secondary N) is 1. The van der Waals surface area contributed by atoms with Crippen molar-refractivity contribution in [3.63, 3.8) is 0 Å². The Morgan fingerprint density at radius 2 is 2.50 bits per heavy atom. The minimum atomic E-state index is -3.69. The zero-order chi connectivity index (χ0) is 9.03. The van der Waals surface area contributed by atoms with Gasteiger partial charge in [0.2, 0.25) is 0 Å². The highest BCUT2D eigenvalue weighted by atomic mass is 31.2. The van der Waals surface area contributed by atoms with Gasteiger partial charge in [-0.25, -0.2) is 4.57 Å². The summed E-state index contributed by atoms with van der Waals surface area (Å²) in [6.07, 6.45) is 3.00. The van der Waals surface area contributed by atoms with Crippen LogP contribution in [0.15, 0.2) is 24.5 Å². The number of pyridine rings is 1. The van der Waals surface area contributed by atoms with Gasteiger partial charge < -0.3 is 4.89 Å². The SMILES string of the molecule is COP(=O)(O)Nc1cccnc1. The molecule has 0 saturated heterocycles. The third kappa shape index (κ3) is 2.62. The van der Waals surface area contributed by atoms with Gasteiger partial charge in [-0.15, -0.1) is 0 Å². The highest BCUT2D eigenvalue weighted by Gasteiger charge is 2.15. The Morgan fingerprint density at radius 3 is 3.00 bits per heavy atom. The molecule has 0 bridgehead atoms. The molecule has 1 unspecified atom stereocenters. The van der Waals surface area contributed by atoms with Gasteiger partial charge in [0, 0.05) is 13.3 Å². The van der Waals surface area contributed by atoms with Crippen LogP contribution in [0.25, 0.3) is 0 Å². The molecule has 0 radical (unpaired) electrons. The topological polar surface area (TPSA) is 71.5 Å². The molecular weight excluding hydrogens is 179 g/mol. The molecule has 1 rings (SSSR count). The van der Waals surface area contributed by atoms with Gasteiger partial charge in [-0.05, 0) is 12.1 Å². The van der Waals surface area contributed by atoms with Gasteiger partial charge in [-0.3, -0.25) is 14.6 Å². The molecule has 66 valence electrons. The van der Waals surface area contributed by atoms with Crippen LogP contribution in [0.4, 0.5) is 5.69 Å². The zero-order valence-corrected chi connectivity index (χ0v) is 7.36. The maximum absolute atomic E-state index is 10.9. The van der Waals surface area contributed by atoms with Crippen molar-refractivity contribution in [2.45, 2.75) is 0 Å². The maximum atomic E-state index is 10.9. The Bertz CT molecular complexity index is 290. The summed E-state index contributed by atoms with van der Waals surface area (Å²) >= 11 is 0. The van der Waals surface area contributed by atoms with E-state index in [0.29, 0.717) is 5.69 Å². The van der Waals surface area contributed by atoms with Gasteiger partial charge in [0.25, 0.3) is 0 Å². The number of nitrogens with zero attached hydrogens (tertiary/aromatic N) is 1. The van der Waals surface area contributed by atoms with Crippen LogP contribution in [0.5, 0.6) is 0 Å². The lowest BCUT2D eigenvalue weighted by atomic mass is 10.4. The fourth-order valence-corrected chi connectivity index (χ4v) is 1.19. The second-order valence-electron chi connectivity index (χ2n) is 2.06. The first-order valence-electron chi connectivity index (χ1n) is 3.21. The number of anilines is 1. The van der Waals surface area contributed by atoms with Crippen molar-refractivity contribution in [3.05, 3.63) is 24.5 Å². The van der Waals surface area contributed by atoms with E-state index in [9.17, 15) is 4.57 Å². The minimum absolute atomic E-state index is 0.449. The van der Waals surface area contributed by atoms with E-state index in [2.05, 4.69) is 14.6 Å².